The van der Waals surface area contributed by atoms with Crippen molar-refractivity contribution < 1.29 is 9.53 Å². The van der Waals surface area contributed by atoms with Gasteiger partial charge in [-0.05, 0) is 48.7 Å². The first-order valence-electron chi connectivity index (χ1n) is 8.57. The fourth-order valence-electron chi connectivity index (χ4n) is 3.17. The molecule has 2 aromatic heterocycles. The summed E-state index contributed by atoms with van der Waals surface area (Å²) in [5.74, 6) is 0.772. The summed E-state index contributed by atoms with van der Waals surface area (Å²) >= 11 is 1.40. The smallest absolute Gasteiger partial charge is 0.271 e. The number of thiophene rings is 1. The van der Waals surface area contributed by atoms with E-state index in [0.29, 0.717) is 10.2 Å². The third-order valence-corrected chi connectivity index (χ3v) is 5.80. The van der Waals surface area contributed by atoms with Crippen molar-refractivity contribution >= 4 is 27.5 Å². The molecule has 7 heteroatoms. The second kappa shape index (κ2) is 6.92. The Labute approximate surface area is 154 Å². The van der Waals surface area contributed by atoms with Crippen LogP contribution in [0, 0.1) is 0 Å². The lowest BCUT2D eigenvalue weighted by atomic mass is 10.2. The summed E-state index contributed by atoms with van der Waals surface area (Å²) in [6.07, 6.45) is 3.55. The van der Waals surface area contributed by atoms with Crippen LogP contribution < -0.4 is 10.3 Å². The van der Waals surface area contributed by atoms with Gasteiger partial charge in [0.15, 0.2) is 0 Å². The van der Waals surface area contributed by atoms with Crippen LogP contribution in [0.3, 0.4) is 0 Å². The summed E-state index contributed by atoms with van der Waals surface area (Å²) < 4.78 is 7.17. The van der Waals surface area contributed by atoms with Crippen molar-refractivity contribution in [2.45, 2.75) is 19.4 Å². The quantitative estimate of drug-likeness (QED) is 0.709. The lowest BCUT2D eigenvalue weighted by molar-refractivity contribution is -0.130. The number of carbonyl (C=O) groups is 1. The number of hydrogen-bond acceptors (Lipinski definition) is 5. The fourth-order valence-corrected chi connectivity index (χ4v) is 4.23. The summed E-state index contributed by atoms with van der Waals surface area (Å²) in [6, 6.07) is 9.61. The van der Waals surface area contributed by atoms with E-state index in [1.165, 1.54) is 22.2 Å². The van der Waals surface area contributed by atoms with Gasteiger partial charge in [-0.15, -0.1) is 11.3 Å². The van der Waals surface area contributed by atoms with Gasteiger partial charge in [0.25, 0.3) is 5.56 Å². The number of benzene rings is 1. The number of rotatable bonds is 4. The molecule has 0 aliphatic carbocycles. The second-order valence-electron chi connectivity index (χ2n) is 6.32. The zero-order valence-electron chi connectivity index (χ0n) is 14.5. The van der Waals surface area contributed by atoms with E-state index < -0.39 is 0 Å². The van der Waals surface area contributed by atoms with Crippen LogP contribution in [0.2, 0.25) is 0 Å². The highest BCUT2D eigenvalue weighted by Gasteiger charge is 2.19. The summed E-state index contributed by atoms with van der Waals surface area (Å²) in [6.45, 7) is 1.62. The lowest BCUT2D eigenvalue weighted by Crippen LogP contribution is -2.34. The number of hydrogen-bond donors (Lipinski definition) is 0. The molecule has 1 saturated heterocycles. The Balaban J connectivity index is 1.64. The highest BCUT2D eigenvalue weighted by molar-refractivity contribution is 7.22. The van der Waals surface area contributed by atoms with Crippen LogP contribution in [-0.4, -0.2) is 40.6 Å². The summed E-state index contributed by atoms with van der Waals surface area (Å²) in [5.41, 5.74) is 1.51. The van der Waals surface area contributed by atoms with Crippen molar-refractivity contribution in [1.82, 2.24) is 14.5 Å². The minimum absolute atomic E-state index is 0.0160. The van der Waals surface area contributed by atoms with E-state index in [4.69, 9.17) is 4.74 Å². The van der Waals surface area contributed by atoms with Crippen LogP contribution in [0.4, 0.5) is 0 Å². The summed E-state index contributed by atoms with van der Waals surface area (Å²) in [7, 11) is 1.63. The molecule has 0 bridgehead atoms. The van der Waals surface area contributed by atoms with E-state index >= 15 is 0 Å². The number of aromatic nitrogens is 2. The SMILES string of the molecule is COc1ccc(-c2cc3ncn(CC(=O)N4CCCC4)c(=O)c3s2)cc1. The predicted octanol–water partition coefficient (Wildman–Crippen LogP) is 2.76. The highest BCUT2D eigenvalue weighted by Crippen LogP contribution is 2.31. The van der Waals surface area contributed by atoms with Gasteiger partial charge in [0.05, 0.1) is 19.0 Å². The third-order valence-electron chi connectivity index (χ3n) is 4.64. The van der Waals surface area contributed by atoms with Gasteiger partial charge in [-0.25, -0.2) is 4.98 Å². The molecule has 134 valence electrons. The van der Waals surface area contributed by atoms with Crippen molar-refractivity contribution in [2.75, 3.05) is 20.2 Å². The first-order chi connectivity index (χ1) is 12.7. The third kappa shape index (κ3) is 3.10. The zero-order valence-corrected chi connectivity index (χ0v) is 15.3. The molecule has 1 amide bonds. The predicted molar refractivity (Wildman–Crippen MR) is 102 cm³/mol. The maximum absolute atomic E-state index is 12.8. The fraction of sp³-hybridized carbons (Fsp3) is 0.316. The molecule has 0 saturated carbocycles. The number of nitrogens with zero attached hydrogens (tertiary/aromatic N) is 3. The maximum atomic E-state index is 12.8. The van der Waals surface area contributed by atoms with Crippen LogP contribution >= 0.6 is 11.3 Å². The maximum Gasteiger partial charge on any atom is 0.271 e. The average molecular weight is 369 g/mol. The molecule has 3 heterocycles. The Kier molecular flexibility index (Phi) is 4.46. The number of methoxy groups -OCH3 is 1. The molecule has 0 atom stereocenters. The summed E-state index contributed by atoms with van der Waals surface area (Å²) in [5, 5.41) is 0. The molecule has 0 N–H and O–H groups in total. The van der Waals surface area contributed by atoms with Crippen LogP contribution in [0.5, 0.6) is 5.75 Å². The van der Waals surface area contributed by atoms with Gasteiger partial charge < -0.3 is 9.64 Å². The van der Waals surface area contributed by atoms with Crippen molar-refractivity contribution in [3.05, 3.63) is 47.0 Å². The normalized spacial score (nSPS) is 14.1. The van der Waals surface area contributed by atoms with Gasteiger partial charge in [-0.3, -0.25) is 14.2 Å². The van der Waals surface area contributed by atoms with Gasteiger partial charge in [-0.2, -0.15) is 0 Å². The molecule has 4 rings (SSSR count). The summed E-state index contributed by atoms with van der Waals surface area (Å²) in [4.78, 5) is 32.2. The van der Waals surface area contributed by atoms with Crippen molar-refractivity contribution in [3.8, 4) is 16.2 Å². The zero-order chi connectivity index (χ0) is 18.1. The van der Waals surface area contributed by atoms with Gasteiger partial charge in [0.1, 0.15) is 17.0 Å². The standard InChI is InChI=1S/C19H19N3O3S/c1-25-14-6-4-13(5-7-14)16-10-15-18(26-16)19(24)22(12-20-15)11-17(23)21-8-2-3-9-21/h4-7,10,12H,2-3,8-9,11H2,1H3. The van der Waals surface area contributed by atoms with Crippen molar-refractivity contribution in [1.29, 1.82) is 0 Å². The molecule has 1 aromatic carbocycles. The number of likely N-dealkylation sites (tertiary alicyclic amines) is 1. The Hall–Kier alpha value is -2.67. The minimum Gasteiger partial charge on any atom is -0.497 e. The Morgan fingerprint density at radius 3 is 2.65 bits per heavy atom. The Morgan fingerprint density at radius 1 is 1.23 bits per heavy atom. The molecule has 1 aliphatic heterocycles. The van der Waals surface area contributed by atoms with E-state index in [1.807, 2.05) is 35.2 Å². The molecular formula is C19H19N3O3S. The van der Waals surface area contributed by atoms with Gasteiger partial charge >= 0.3 is 0 Å². The second-order valence-corrected chi connectivity index (χ2v) is 7.37. The Morgan fingerprint density at radius 2 is 1.96 bits per heavy atom. The van der Waals surface area contributed by atoms with Crippen LogP contribution in [0.25, 0.3) is 20.7 Å². The molecular weight excluding hydrogens is 350 g/mol. The number of amides is 1. The molecule has 3 aromatic rings. The lowest BCUT2D eigenvalue weighted by Gasteiger charge is -2.15. The topological polar surface area (TPSA) is 64.4 Å². The molecule has 0 radical (unpaired) electrons. The molecule has 1 aliphatic rings. The van der Waals surface area contributed by atoms with E-state index in [2.05, 4.69) is 4.98 Å². The van der Waals surface area contributed by atoms with Crippen LogP contribution in [-0.2, 0) is 11.3 Å². The van der Waals surface area contributed by atoms with E-state index in [-0.39, 0.29) is 18.0 Å². The molecule has 1 fully saturated rings. The van der Waals surface area contributed by atoms with Crippen molar-refractivity contribution in [3.63, 3.8) is 0 Å². The number of ether oxygens (including phenoxy) is 1. The van der Waals surface area contributed by atoms with Gasteiger partial charge in [-0.1, -0.05) is 0 Å². The van der Waals surface area contributed by atoms with Crippen molar-refractivity contribution in [2.24, 2.45) is 0 Å². The number of carbonyl (C=O) groups excluding carboxylic acids is 1. The number of fused-ring (bicyclic) bond motifs is 1. The first kappa shape index (κ1) is 16.8. The largest absolute Gasteiger partial charge is 0.497 e. The molecule has 6 nitrogen and oxygen atoms in total. The van der Waals surface area contributed by atoms with Crippen LogP contribution in [0.15, 0.2) is 41.5 Å². The average Bonchev–Trinajstić information content (AvgIpc) is 3.34. The van der Waals surface area contributed by atoms with E-state index in [0.717, 1.165) is 42.1 Å². The van der Waals surface area contributed by atoms with E-state index in [1.54, 1.807) is 7.11 Å². The first-order valence-corrected chi connectivity index (χ1v) is 9.38. The van der Waals surface area contributed by atoms with E-state index in [9.17, 15) is 9.59 Å². The minimum atomic E-state index is -0.160. The Bertz CT molecular complexity index is 1000. The molecule has 0 unspecified atom stereocenters. The van der Waals surface area contributed by atoms with Gasteiger partial charge in [0, 0.05) is 18.0 Å². The monoisotopic (exact) mass is 369 g/mol. The van der Waals surface area contributed by atoms with Gasteiger partial charge in [0.2, 0.25) is 5.91 Å². The molecule has 26 heavy (non-hydrogen) atoms. The highest BCUT2D eigenvalue weighted by atomic mass is 32.1. The van der Waals surface area contributed by atoms with Crippen LogP contribution in [0.1, 0.15) is 12.8 Å². The molecule has 0 spiro atoms.